The van der Waals surface area contributed by atoms with E-state index in [2.05, 4.69) is 15.2 Å². The average Bonchev–Trinajstić information content (AvgIpc) is 2.94. The Morgan fingerprint density at radius 2 is 2.59 bits per heavy atom. The van der Waals surface area contributed by atoms with Gasteiger partial charge in [0.05, 0.1) is 12.7 Å². The molecule has 4 nitrogen and oxygen atoms in total. The summed E-state index contributed by atoms with van der Waals surface area (Å²) < 4.78 is 5.86. The molecule has 94 valence electrons. The number of morpholine rings is 1. The summed E-state index contributed by atoms with van der Waals surface area (Å²) in [6, 6.07) is 0.667. The van der Waals surface area contributed by atoms with E-state index in [1.54, 1.807) is 0 Å². The van der Waals surface area contributed by atoms with Crippen LogP contribution in [-0.4, -0.2) is 48.3 Å². The summed E-state index contributed by atoms with van der Waals surface area (Å²) >= 11 is 7.31. The lowest BCUT2D eigenvalue weighted by molar-refractivity contribution is -0.0415. The van der Waals surface area contributed by atoms with Gasteiger partial charge in [-0.05, 0) is 19.4 Å². The van der Waals surface area contributed by atoms with Gasteiger partial charge in [0, 0.05) is 24.5 Å². The molecule has 2 unspecified atom stereocenters. The van der Waals surface area contributed by atoms with Crippen LogP contribution in [0.2, 0.25) is 5.15 Å². The number of anilines is 1. The summed E-state index contributed by atoms with van der Waals surface area (Å²) in [6.07, 6.45) is 2.88. The van der Waals surface area contributed by atoms with E-state index in [4.69, 9.17) is 16.3 Å². The number of hydrogen-bond acceptors (Lipinski definition) is 5. The fraction of sp³-hybridized carbons (Fsp3) is 0.727. The highest BCUT2D eigenvalue weighted by atomic mass is 35.5. The van der Waals surface area contributed by atoms with Crippen molar-refractivity contribution in [3.63, 3.8) is 0 Å². The maximum Gasteiger partial charge on any atom is 0.184 e. The number of rotatable bonds is 3. The van der Waals surface area contributed by atoms with Crippen molar-refractivity contribution >= 4 is 28.1 Å². The summed E-state index contributed by atoms with van der Waals surface area (Å²) in [5, 5.41) is 6.56. The Kier molecular flexibility index (Phi) is 3.51. The molecule has 3 rings (SSSR count). The van der Waals surface area contributed by atoms with E-state index >= 15 is 0 Å². The van der Waals surface area contributed by atoms with E-state index in [1.807, 2.05) is 5.38 Å². The summed E-state index contributed by atoms with van der Waals surface area (Å²) in [7, 11) is 0. The van der Waals surface area contributed by atoms with E-state index in [0.29, 0.717) is 11.2 Å². The SMILES string of the molecule is Clc1csc(NCC2CN3CCCC3CO2)n1. The molecule has 2 atom stereocenters. The van der Waals surface area contributed by atoms with Crippen LogP contribution in [-0.2, 0) is 4.74 Å². The van der Waals surface area contributed by atoms with Crippen LogP contribution in [0.4, 0.5) is 5.13 Å². The van der Waals surface area contributed by atoms with Crippen LogP contribution in [0, 0.1) is 0 Å². The monoisotopic (exact) mass is 273 g/mol. The largest absolute Gasteiger partial charge is 0.373 e. The molecule has 0 amide bonds. The molecule has 0 bridgehead atoms. The first-order valence-electron chi connectivity index (χ1n) is 6.02. The number of thiazole rings is 1. The first kappa shape index (κ1) is 11.7. The van der Waals surface area contributed by atoms with Crippen molar-refractivity contribution in [3.8, 4) is 0 Å². The zero-order chi connectivity index (χ0) is 11.7. The van der Waals surface area contributed by atoms with E-state index < -0.39 is 0 Å². The first-order valence-corrected chi connectivity index (χ1v) is 7.27. The minimum absolute atomic E-state index is 0.270. The number of nitrogens with one attached hydrogen (secondary N) is 1. The second-order valence-electron chi connectivity index (χ2n) is 4.60. The van der Waals surface area contributed by atoms with Crippen LogP contribution in [0.5, 0.6) is 0 Å². The van der Waals surface area contributed by atoms with Crippen molar-refractivity contribution < 1.29 is 4.74 Å². The molecular weight excluding hydrogens is 258 g/mol. The predicted octanol–water partition coefficient (Wildman–Crippen LogP) is 2.07. The number of ether oxygens (including phenoxy) is 1. The van der Waals surface area contributed by atoms with Gasteiger partial charge in [0.1, 0.15) is 5.15 Å². The Labute approximate surface area is 110 Å². The van der Waals surface area contributed by atoms with E-state index in [0.717, 1.165) is 24.8 Å². The molecule has 1 aromatic heterocycles. The molecule has 1 aromatic rings. The quantitative estimate of drug-likeness (QED) is 0.915. The van der Waals surface area contributed by atoms with Crippen LogP contribution < -0.4 is 5.32 Å². The average molecular weight is 274 g/mol. The normalized spacial score (nSPS) is 29.2. The van der Waals surface area contributed by atoms with Crippen molar-refractivity contribution in [2.24, 2.45) is 0 Å². The molecule has 1 N–H and O–H groups in total. The molecule has 0 saturated carbocycles. The standard InChI is InChI=1S/C11H16ClN3OS/c12-10-7-17-11(14-10)13-4-9-5-15-3-1-2-8(15)6-16-9/h7-9H,1-6H2,(H,13,14). The number of aromatic nitrogens is 1. The van der Waals surface area contributed by atoms with Crippen molar-refractivity contribution in [3.05, 3.63) is 10.5 Å². The molecule has 0 radical (unpaired) electrons. The summed E-state index contributed by atoms with van der Waals surface area (Å²) in [4.78, 5) is 6.71. The van der Waals surface area contributed by atoms with Crippen molar-refractivity contribution in [1.82, 2.24) is 9.88 Å². The highest BCUT2D eigenvalue weighted by molar-refractivity contribution is 7.14. The number of halogens is 1. The van der Waals surface area contributed by atoms with Gasteiger partial charge >= 0.3 is 0 Å². The second kappa shape index (κ2) is 5.10. The molecule has 2 aliphatic rings. The third-order valence-electron chi connectivity index (χ3n) is 3.42. The first-order chi connectivity index (χ1) is 8.31. The molecule has 6 heteroatoms. The Morgan fingerprint density at radius 3 is 3.41 bits per heavy atom. The van der Waals surface area contributed by atoms with Gasteiger partial charge in [-0.15, -0.1) is 11.3 Å². The molecule has 2 saturated heterocycles. The third-order valence-corrected chi connectivity index (χ3v) is 4.54. The van der Waals surface area contributed by atoms with Crippen LogP contribution in [0.3, 0.4) is 0 Å². The van der Waals surface area contributed by atoms with Gasteiger partial charge in [-0.3, -0.25) is 4.90 Å². The van der Waals surface area contributed by atoms with Crippen LogP contribution >= 0.6 is 22.9 Å². The number of hydrogen-bond donors (Lipinski definition) is 1. The van der Waals surface area contributed by atoms with Gasteiger partial charge in [0.25, 0.3) is 0 Å². The van der Waals surface area contributed by atoms with Gasteiger partial charge in [0.2, 0.25) is 0 Å². The van der Waals surface area contributed by atoms with Gasteiger partial charge in [-0.2, -0.15) is 0 Å². The maximum atomic E-state index is 5.86. The minimum Gasteiger partial charge on any atom is -0.373 e. The fourth-order valence-electron chi connectivity index (χ4n) is 2.55. The van der Waals surface area contributed by atoms with Crippen molar-refractivity contribution in [1.29, 1.82) is 0 Å². The van der Waals surface area contributed by atoms with E-state index in [1.165, 1.54) is 30.7 Å². The molecule has 3 heterocycles. The smallest absolute Gasteiger partial charge is 0.184 e. The molecule has 2 aliphatic heterocycles. The highest BCUT2D eigenvalue weighted by Crippen LogP contribution is 2.23. The lowest BCUT2D eigenvalue weighted by Gasteiger charge is -2.35. The Hall–Kier alpha value is -0.360. The number of nitrogens with zero attached hydrogens (tertiary/aromatic N) is 2. The lowest BCUT2D eigenvalue weighted by atomic mass is 10.2. The van der Waals surface area contributed by atoms with Crippen LogP contribution in [0.15, 0.2) is 5.38 Å². The van der Waals surface area contributed by atoms with Gasteiger partial charge in [0.15, 0.2) is 5.13 Å². The second-order valence-corrected chi connectivity index (χ2v) is 5.85. The molecule has 0 aliphatic carbocycles. The Balaban J connectivity index is 1.49. The molecule has 2 fully saturated rings. The highest BCUT2D eigenvalue weighted by Gasteiger charge is 2.31. The Morgan fingerprint density at radius 1 is 1.65 bits per heavy atom. The molecule has 17 heavy (non-hydrogen) atoms. The lowest BCUT2D eigenvalue weighted by Crippen LogP contribution is -2.48. The Bertz CT molecular complexity index is 387. The van der Waals surface area contributed by atoms with Gasteiger partial charge in [-0.1, -0.05) is 11.6 Å². The molecule has 0 aromatic carbocycles. The third kappa shape index (κ3) is 2.73. The fourth-order valence-corrected chi connectivity index (χ4v) is 3.39. The summed E-state index contributed by atoms with van der Waals surface area (Å²) in [5.41, 5.74) is 0. The van der Waals surface area contributed by atoms with E-state index in [-0.39, 0.29) is 6.10 Å². The predicted molar refractivity (Wildman–Crippen MR) is 69.9 cm³/mol. The van der Waals surface area contributed by atoms with Gasteiger partial charge < -0.3 is 10.1 Å². The van der Waals surface area contributed by atoms with Crippen molar-refractivity contribution in [2.75, 3.05) is 31.6 Å². The molecular formula is C11H16ClN3OS. The van der Waals surface area contributed by atoms with E-state index in [9.17, 15) is 0 Å². The van der Waals surface area contributed by atoms with Gasteiger partial charge in [-0.25, -0.2) is 4.98 Å². The summed E-state index contributed by atoms with van der Waals surface area (Å²) in [5.74, 6) is 0. The molecule has 0 spiro atoms. The zero-order valence-corrected chi connectivity index (χ0v) is 11.1. The zero-order valence-electron chi connectivity index (χ0n) is 9.56. The summed E-state index contributed by atoms with van der Waals surface area (Å²) in [6.45, 7) is 3.96. The van der Waals surface area contributed by atoms with Crippen LogP contribution in [0.25, 0.3) is 0 Å². The van der Waals surface area contributed by atoms with Crippen LogP contribution in [0.1, 0.15) is 12.8 Å². The number of fused-ring (bicyclic) bond motifs is 1. The minimum atomic E-state index is 0.270. The van der Waals surface area contributed by atoms with Crippen molar-refractivity contribution in [2.45, 2.75) is 25.0 Å². The topological polar surface area (TPSA) is 37.4 Å². The maximum absolute atomic E-state index is 5.86.